The summed E-state index contributed by atoms with van der Waals surface area (Å²) in [7, 11) is 1.46. The van der Waals surface area contributed by atoms with Crippen LogP contribution in [-0.4, -0.2) is 43.8 Å². The van der Waals surface area contributed by atoms with Crippen LogP contribution in [-0.2, 0) is 24.9 Å². The van der Waals surface area contributed by atoms with Gasteiger partial charge in [0.15, 0.2) is 0 Å². The van der Waals surface area contributed by atoms with Crippen LogP contribution in [0.15, 0.2) is 33.9 Å². The number of benzene rings is 1. The number of halogens is 1. The van der Waals surface area contributed by atoms with Gasteiger partial charge in [-0.1, -0.05) is 18.2 Å². The average molecular weight is 416 g/mol. The van der Waals surface area contributed by atoms with Gasteiger partial charge in [0, 0.05) is 37.8 Å². The van der Waals surface area contributed by atoms with Crippen molar-refractivity contribution >= 4 is 0 Å². The summed E-state index contributed by atoms with van der Waals surface area (Å²) < 4.78 is 22.5. The lowest BCUT2D eigenvalue weighted by molar-refractivity contribution is -0.0293. The Hall–Kier alpha value is -2.32. The van der Waals surface area contributed by atoms with Crippen LogP contribution >= 0.6 is 0 Å². The van der Waals surface area contributed by atoms with Crippen molar-refractivity contribution in [1.82, 2.24) is 19.0 Å². The zero-order valence-corrected chi connectivity index (χ0v) is 17.6. The lowest BCUT2D eigenvalue weighted by Crippen LogP contribution is -2.46. The standard InChI is InChI=1S/C22H29FN4O3/c1-15-24-21(28)25(2)22(29)26(15)10-5-11-27-17-8-9-18(27)13-19(12-17)30-14-16-6-3-4-7-20(16)23/h3-4,6-7,17-19H,5,8-14H2,1-2H3. The van der Waals surface area contributed by atoms with E-state index in [2.05, 4.69) is 9.88 Å². The molecule has 2 atom stereocenters. The molecule has 2 aliphatic heterocycles. The van der Waals surface area contributed by atoms with Crippen molar-refractivity contribution in [3.8, 4) is 0 Å². The molecular weight excluding hydrogens is 387 g/mol. The molecule has 0 aliphatic carbocycles. The number of fused-ring (bicyclic) bond motifs is 2. The molecule has 4 rings (SSSR count). The number of rotatable bonds is 7. The summed E-state index contributed by atoms with van der Waals surface area (Å²) in [6.07, 6.45) is 5.23. The number of hydrogen-bond acceptors (Lipinski definition) is 5. The first-order valence-corrected chi connectivity index (χ1v) is 10.7. The van der Waals surface area contributed by atoms with E-state index in [1.165, 1.54) is 13.1 Å². The molecule has 0 spiro atoms. The highest BCUT2D eigenvalue weighted by Gasteiger charge is 2.40. The van der Waals surface area contributed by atoms with Crippen molar-refractivity contribution in [1.29, 1.82) is 0 Å². The van der Waals surface area contributed by atoms with Crippen molar-refractivity contribution in [2.45, 2.75) is 70.4 Å². The largest absolute Gasteiger partial charge is 0.373 e. The molecule has 2 unspecified atom stereocenters. The summed E-state index contributed by atoms with van der Waals surface area (Å²) in [6.45, 7) is 3.47. The van der Waals surface area contributed by atoms with Gasteiger partial charge in [-0.2, -0.15) is 4.98 Å². The lowest BCUT2D eigenvalue weighted by atomic mass is 9.99. The van der Waals surface area contributed by atoms with E-state index in [1.807, 2.05) is 6.07 Å². The molecule has 30 heavy (non-hydrogen) atoms. The van der Waals surface area contributed by atoms with Gasteiger partial charge in [0.1, 0.15) is 11.6 Å². The number of aryl methyl sites for hydroxylation is 1. The second kappa shape index (κ2) is 8.81. The summed E-state index contributed by atoms with van der Waals surface area (Å²) in [5, 5.41) is 0. The van der Waals surface area contributed by atoms with Crippen LogP contribution in [0.3, 0.4) is 0 Å². The van der Waals surface area contributed by atoms with E-state index in [0.717, 1.165) is 43.2 Å². The molecule has 0 radical (unpaired) electrons. The molecular formula is C22H29FN4O3. The van der Waals surface area contributed by atoms with Gasteiger partial charge in [-0.05, 0) is 45.1 Å². The van der Waals surface area contributed by atoms with Gasteiger partial charge in [0.2, 0.25) is 0 Å². The summed E-state index contributed by atoms with van der Waals surface area (Å²) in [5.74, 6) is 0.252. The quantitative estimate of drug-likeness (QED) is 0.691. The molecule has 2 bridgehead atoms. The Morgan fingerprint density at radius 3 is 2.53 bits per heavy atom. The topological polar surface area (TPSA) is 69.4 Å². The Bertz CT molecular complexity index is 1000. The van der Waals surface area contributed by atoms with E-state index in [9.17, 15) is 14.0 Å². The molecule has 0 N–H and O–H groups in total. The van der Waals surface area contributed by atoms with E-state index in [1.54, 1.807) is 23.6 Å². The molecule has 8 heteroatoms. The second-order valence-electron chi connectivity index (χ2n) is 8.41. The summed E-state index contributed by atoms with van der Waals surface area (Å²) in [6, 6.07) is 7.73. The second-order valence-corrected chi connectivity index (χ2v) is 8.41. The lowest BCUT2D eigenvalue weighted by Gasteiger charge is -2.39. The van der Waals surface area contributed by atoms with E-state index >= 15 is 0 Å². The Morgan fingerprint density at radius 1 is 1.13 bits per heavy atom. The minimum absolute atomic E-state index is 0.163. The van der Waals surface area contributed by atoms with Gasteiger partial charge in [0.25, 0.3) is 0 Å². The molecule has 2 saturated heterocycles. The zero-order chi connectivity index (χ0) is 21.3. The van der Waals surface area contributed by atoms with Crippen molar-refractivity contribution in [3.05, 3.63) is 62.4 Å². The Labute approximate surface area is 175 Å². The first-order valence-electron chi connectivity index (χ1n) is 10.7. The van der Waals surface area contributed by atoms with Crippen molar-refractivity contribution in [2.75, 3.05) is 6.54 Å². The third-order valence-electron chi connectivity index (χ3n) is 6.52. The summed E-state index contributed by atoms with van der Waals surface area (Å²) in [4.78, 5) is 30.4. The molecule has 2 fully saturated rings. The molecule has 7 nitrogen and oxygen atoms in total. The molecule has 2 aromatic rings. The summed E-state index contributed by atoms with van der Waals surface area (Å²) >= 11 is 0. The van der Waals surface area contributed by atoms with Crippen molar-refractivity contribution in [3.63, 3.8) is 0 Å². The number of hydrogen-bond donors (Lipinski definition) is 0. The third-order valence-corrected chi connectivity index (χ3v) is 6.52. The van der Waals surface area contributed by atoms with E-state index in [-0.39, 0.29) is 17.6 Å². The highest BCUT2D eigenvalue weighted by molar-refractivity contribution is 5.16. The van der Waals surface area contributed by atoms with E-state index < -0.39 is 5.69 Å². The first kappa shape index (κ1) is 20.9. The predicted octanol–water partition coefficient (Wildman–Crippen LogP) is 1.99. The van der Waals surface area contributed by atoms with Crippen LogP contribution in [0, 0.1) is 12.7 Å². The Morgan fingerprint density at radius 2 is 1.83 bits per heavy atom. The highest BCUT2D eigenvalue weighted by atomic mass is 19.1. The summed E-state index contributed by atoms with van der Waals surface area (Å²) in [5.41, 5.74) is -0.209. The van der Waals surface area contributed by atoms with Crippen LogP contribution in [0.1, 0.15) is 43.5 Å². The van der Waals surface area contributed by atoms with Gasteiger partial charge in [-0.25, -0.2) is 18.5 Å². The van der Waals surface area contributed by atoms with Crippen molar-refractivity contribution < 1.29 is 9.13 Å². The average Bonchev–Trinajstić information content (AvgIpc) is 2.96. The first-order chi connectivity index (χ1) is 14.4. The fraction of sp³-hybridized carbons (Fsp3) is 0.591. The van der Waals surface area contributed by atoms with E-state index in [0.29, 0.717) is 36.6 Å². The number of piperidine rings is 1. The van der Waals surface area contributed by atoms with Crippen LogP contribution < -0.4 is 11.4 Å². The van der Waals surface area contributed by atoms with Gasteiger partial charge in [0.05, 0.1) is 12.7 Å². The SMILES string of the molecule is Cc1nc(=O)n(C)c(=O)n1CCCN1C2CCC1CC(OCc1ccccc1F)C2. The maximum absolute atomic E-state index is 13.8. The highest BCUT2D eigenvalue weighted by Crippen LogP contribution is 2.37. The predicted molar refractivity (Wildman–Crippen MR) is 111 cm³/mol. The number of aromatic nitrogens is 3. The third kappa shape index (κ3) is 4.25. The van der Waals surface area contributed by atoms with Crippen LogP contribution in [0.4, 0.5) is 4.39 Å². The Kier molecular flexibility index (Phi) is 6.15. The molecule has 162 valence electrons. The van der Waals surface area contributed by atoms with Gasteiger partial charge >= 0.3 is 11.4 Å². The fourth-order valence-corrected chi connectivity index (χ4v) is 4.89. The molecule has 1 aromatic carbocycles. The normalized spacial score (nSPS) is 23.8. The molecule has 2 aliphatic rings. The van der Waals surface area contributed by atoms with Crippen molar-refractivity contribution in [2.24, 2.45) is 7.05 Å². The zero-order valence-electron chi connectivity index (χ0n) is 17.6. The molecule has 0 saturated carbocycles. The van der Waals surface area contributed by atoms with E-state index in [4.69, 9.17) is 4.74 Å². The smallest absolute Gasteiger partial charge is 0.353 e. The monoisotopic (exact) mass is 416 g/mol. The maximum Gasteiger partial charge on any atom is 0.353 e. The van der Waals surface area contributed by atoms with Crippen LogP contribution in [0.2, 0.25) is 0 Å². The van der Waals surface area contributed by atoms with Gasteiger partial charge < -0.3 is 4.74 Å². The maximum atomic E-state index is 13.8. The minimum atomic E-state index is -0.510. The minimum Gasteiger partial charge on any atom is -0.373 e. The Balaban J connectivity index is 1.31. The fourth-order valence-electron chi connectivity index (χ4n) is 4.89. The molecule has 3 heterocycles. The van der Waals surface area contributed by atoms with Crippen LogP contribution in [0.25, 0.3) is 0 Å². The van der Waals surface area contributed by atoms with Gasteiger partial charge in [-0.15, -0.1) is 0 Å². The molecule has 1 aromatic heterocycles. The van der Waals surface area contributed by atoms with Crippen LogP contribution in [0.5, 0.6) is 0 Å². The molecule has 0 amide bonds. The number of nitrogens with zero attached hydrogens (tertiary/aromatic N) is 4. The number of ether oxygens (including phenoxy) is 1. The van der Waals surface area contributed by atoms with Gasteiger partial charge in [-0.3, -0.25) is 9.47 Å².